The summed E-state index contributed by atoms with van der Waals surface area (Å²) in [6, 6.07) is 9.61. The number of aromatic nitrogens is 2. The topological polar surface area (TPSA) is 85.7 Å². The molecule has 166 valence electrons. The Labute approximate surface area is 184 Å². The first-order valence-electron chi connectivity index (χ1n) is 10.0. The minimum Gasteiger partial charge on any atom is -0.493 e. The van der Waals surface area contributed by atoms with Crippen molar-refractivity contribution >= 4 is 23.2 Å². The van der Waals surface area contributed by atoms with Crippen molar-refractivity contribution in [2.45, 2.75) is 13.3 Å². The van der Waals surface area contributed by atoms with E-state index in [1.165, 1.54) is 25.2 Å². The Kier molecular flexibility index (Phi) is 5.81. The van der Waals surface area contributed by atoms with Gasteiger partial charge in [0.15, 0.2) is 11.5 Å². The summed E-state index contributed by atoms with van der Waals surface area (Å²) >= 11 is 0. The van der Waals surface area contributed by atoms with Crippen molar-refractivity contribution in [1.82, 2.24) is 9.55 Å². The van der Waals surface area contributed by atoms with E-state index < -0.39 is 11.7 Å². The van der Waals surface area contributed by atoms with Gasteiger partial charge in [0, 0.05) is 42.8 Å². The summed E-state index contributed by atoms with van der Waals surface area (Å²) in [7, 11) is 3.05. The number of imidazole rings is 1. The minimum absolute atomic E-state index is 0.0645. The molecule has 1 unspecified atom stereocenters. The number of hydrogen-bond acceptors (Lipinski definition) is 5. The number of hydrogen-bond donors (Lipinski definition) is 1. The van der Waals surface area contributed by atoms with Crippen LogP contribution in [-0.2, 0) is 9.59 Å². The van der Waals surface area contributed by atoms with Gasteiger partial charge in [-0.1, -0.05) is 0 Å². The molecule has 1 saturated heterocycles. The van der Waals surface area contributed by atoms with Gasteiger partial charge in [-0.05, 0) is 37.3 Å². The number of ether oxygens (including phenoxy) is 2. The summed E-state index contributed by atoms with van der Waals surface area (Å²) in [6.45, 7) is 1.99. The summed E-state index contributed by atoms with van der Waals surface area (Å²) in [6.07, 6.45) is 3.32. The second kappa shape index (κ2) is 8.70. The third-order valence-electron chi connectivity index (χ3n) is 5.48. The molecule has 4 rings (SSSR count). The van der Waals surface area contributed by atoms with E-state index >= 15 is 0 Å². The zero-order valence-corrected chi connectivity index (χ0v) is 18.0. The average Bonchev–Trinajstić information content (AvgIpc) is 3.39. The van der Waals surface area contributed by atoms with Crippen molar-refractivity contribution in [2.24, 2.45) is 5.92 Å². The van der Waals surface area contributed by atoms with Crippen LogP contribution in [-0.4, -0.2) is 42.1 Å². The smallest absolute Gasteiger partial charge is 0.229 e. The third kappa shape index (κ3) is 4.01. The Hall–Kier alpha value is -3.88. The molecule has 1 aliphatic rings. The minimum atomic E-state index is -0.561. The van der Waals surface area contributed by atoms with Crippen LogP contribution in [0.3, 0.4) is 0 Å². The number of halogens is 1. The van der Waals surface area contributed by atoms with Crippen LogP contribution in [0.15, 0.2) is 48.8 Å². The number of nitrogens with one attached hydrogen (secondary N) is 1. The van der Waals surface area contributed by atoms with Crippen LogP contribution < -0.4 is 19.7 Å². The van der Waals surface area contributed by atoms with Crippen molar-refractivity contribution in [3.8, 4) is 17.2 Å². The monoisotopic (exact) mass is 438 g/mol. The summed E-state index contributed by atoms with van der Waals surface area (Å²) < 4.78 is 26.8. The van der Waals surface area contributed by atoms with Crippen LogP contribution in [0, 0.1) is 18.7 Å². The predicted octanol–water partition coefficient (Wildman–Crippen LogP) is 3.33. The number of rotatable bonds is 6. The molecule has 0 bridgehead atoms. The molecular weight excluding hydrogens is 415 g/mol. The molecule has 2 heterocycles. The molecule has 1 aliphatic heterocycles. The van der Waals surface area contributed by atoms with Gasteiger partial charge < -0.3 is 24.3 Å². The molecular formula is C23H23FN4O4. The number of aryl methyl sites for hydroxylation is 1. The standard InChI is InChI=1S/C23H23FN4O4/c1-14-25-8-9-27(14)19-6-4-16(11-18(19)24)26-23(30)15-10-22(29)28(13-15)17-5-7-20(31-2)21(12-17)32-3/h4-9,11-12,15H,10,13H2,1-3H3,(H,26,30). The summed E-state index contributed by atoms with van der Waals surface area (Å²) in [4.78, 5) is 31.0. The van der Waals surface area contributed by atoms with E-state index in [0.717, 1.165) is 0 Å². The van der Waals surface area contributed by atoms with Gasteiger partial charge in [-0.25, -0.2) is 9.37 Å². The van der Waals surface area contributed by atoms with Gasteiger partial charge in [0.2, 0.25) is 11.8 Å². The first-order valence-corrected chi connectivity index (χ1v) is 10.0. The van der Waals surface area contributed by atoms with E-state index in [-0.39, 0.29) is 24.8 Å². The van der Waals surface area contributed by atoms with Crippen LogP contribution in [0.2, 0.25) is 0 Å². The summed E-state index contributed by atoms with van der Waals surface area (Å²) in [5.74, 6) is 0.137. The van der Waals surface area contributed by atoms with Crippen molar-refractivity contribution in [2.75, 3.05) is 31.0 Å². The second-order valence-electron chi connectivity index (χ2n) is 7.44. The zero-order valence-electron chi connectivity index (χ0n) is 18.0. The van der Waals surface area contributed by atoms with Gasteiger partial charge in [-0.2, -0.15) is 0 Å². The lowest BCUT2D eigenvalue weighted by Crippen LogP contribution is -2.28. The van der Waals surface area contributed by atoms with E-state index in [1.54, 1.807) is 54.2 Å². The Morgan fingerprint density at radius 3 is 2.59 bits per heavy atom. The van der Waals surface area contributed by atoms with Gasteiger partial charge in [-0.3, -0.25) is 9.59 Å². The highest BCUT2D eigenvalue weighted by atomic mass is 19.1. The number of anilines is 2. The molecule has 1 fully saturated rings. The third-order valence-corrected chi connectivity index (χ3v) is 5.48. The van der Waals surface area contributed by atoms with Crippen LogP contribution >= 0.6 is 0 Å². The fraction of sp³-hybridized carbons (Fsp3) is 0.261. The summed E-state index contributed by atoms with van der Waals surface area (Å²) in [5.41, 5.74) is 1.29. The Morgan fingerprint density at radius 1 is 1.16 bits per heavy atom. The van der Waals surface area contributed by atoms with Crippen molar-refractivity contribution in [1.29, 1.82) is 0 Å². The SMILES string of the molecule is COc1ccc(N2CC(C(=O)Nc3ccc(-n4ccnc4C)c(F)c3)CC2=O)cc1OC. The van der Waals surface area contributed by atoms with Crippen molar-refractivity contribution in [3.63, 3.8) is 0 Å². The maximum atomic E-state index is 14.6. The molecule has 8 nitrogen and oxygen atoms in total. The fourth-order valence-electron chi connectivity index (χ4n) is 3.78. The lowest BCUT2D eigenvalue weighted by molar-refractivity contribution is -0.122. The average molecular weight is 438 g/mol. The molecule has 0 saturated carbocycles. The molecule has 0 radical (unpaired) electrons. The maximum absolute atomic E-state index is 14.6. The molecule has 0 aliphatic carbocycles. The first kappa shape index (κ1) is 21.4. The fourth-order valence-corrected chi connectivity index (χ4v) is 3.78. The lowest BCUT2D eigenvalue weighted by Gasteiger charge is -2.18. The van der Waals surface area contributed by atoms with E-state index in [1.807, 2.05) is 0 Å². The molecule has 2 amide bonds. The van der Waals surface area contributed by atoms with Crippen LogP contribution in [0.4, 0.5) is 15.8 Å². The van der Waals surface area contributed by atoms with Crippen LogP contribution in [0.25, 0.3) is 5.69 Å². The molecule has 1 atom stereocenters. The van der Waals surface area contributed by atoms with Crippen molar-refractivity contribution in [3.05, 3.63) is 60.4 Å². The van der Waals surface area contributed by atoms with Gasteiger partial charge in [0.1, 0.15) is 11.6 Å². The second-order valence-corrected chi connectivity index (χ2v) is 7.44. The Bertz CT molecular complexity index is 1180. The van der Waals surface area contributed by atoms with E-state index in [2.05, 4.69) is 10.3 Å². The quantitative estimate of drug-likeness (QED) is 0.638. The number of carbonyl (C=O) groups excluding carboxylic acids is 2. The van der Waals surface area contributed by atoms with Gasteiger partial charge in [0.05, 0.1) is 25.8 Å². The Balaban J connectivity index is 1.46. The highest BCUT2D eigenvalue weighted by Crippen LogP contribution is 2.34. The maximum Gasteiger partial charge on any atom is 0.229 e. The molecule has 3 aromatic rings. The van der Waals surface area contributed by atoms with Gasteiger partial charge in [0.25, 0.3) is 0 Å². The number of nitrogens with zero attached hydrogens (tertiary/aromatic N) is 3. The van der Waals surface area contributed by atoms with Gasteiger partial charge in [-0.15, -0.1) is 0 Å². The van der Waals surface area contributed by atoms with Crippen LogP contribution in [0.1, 0.15) is 12.2 Å². The normalized spacial score (nSPS) is 15.7. The number of carbonyl (C=O) groups is 2. The molecule has 0 spiro atoms. The van der Waals surface area contributed by atoms with Crippen LogP contribution in [0.5, 0.6) is 11.5 Å². The van der Waals surface area contributed by atoms with E-state index in [4.69, 9.17) is 9.47 Å². The predicted molar refractivity (Wildman–Crippen MR) is 117 cm³/mol. The molecule has 1 aromatic heterocycles. The first-order chi connectivity index (χ1) is 15.4. The largest absolute Gasteiger partial charge is 0.493 e. The Morgan fingerprint density at radius 2 is 1.94 bits per heavy atom. The van der Waals surface area contributed by atoms with Crippen molar-refractivity contribution < 1.29 is 23.5 Å². The lowest BCUT2D eigenvalue weighted by atomic mass is 10.1. The number of benzene rings is 2. The van der Waals surface area contributed by atoms with Gasteiger partial charge >= 0.3 is 0 Å². The summed E-state index contributed by atoms with van der Waals surface area (Å²) in [5, 5.41) is 2.72. The molecule has 2 aromatic carbocycles. The van der Waals surface area contributed by atoms with E-state index in [0.29, 0.717) is 34.4 Å². The molecule has 9 heteroatoms. The zero-order chi connectivity index (χ0) is 22.8. The van der Waals surface area contributed by atoms with E-state index in [9.17, 15) is 14.0 Å². The number of amides is 2. The highest BCUT2D eigenvalue weighted by Gasteiger charge is 2.35. The molecule has 32 heavy (non-hydrogen) atoms. The molecule has 1 N–H and O–H groups in total. The number of methoxy groups -OCH3 is 2. The highest BCUT2D eigenvalue weighted by molar-refractivity contribution is 6.03.